The first-order chi connectivity index (χ1) is 22.8. The Morgan fingerprint density at radius 2 is 1.71 bits per heavy atom. The molecule has 0 saturated heterocycles. The molecule has 1 aliphatic rings. The highest BCUT2D eigenvalue weighted by atomic mass is 19.4. The van der Waals surface area contributed by atoms with E-state index in [9.17, 15) is 42.2 Å². The van der Waals surface area contributed by atoms with Gasteiger partial charge in [-0.05, 0) is 69.3 Å². The molecule has 4 aromatic rings. The number of urea groups is 1. The lowest BCUT2D eigenvalue weighted by molar-refractivity contribution is -0.265. The Bertz CT molecular complexity index is 1950. The summed E-state index contributed by atoms with van der Waals surface area (Å²) < 4.78 is 63.8. The third-order valence-electron chi connectivity index (χ3n) is 8.03. The summed E-state index contributed by atoms with van der Waals surface area (Å²) in [5.41, 5.74) is -2.10. The quantitative estimate of drug-likeness (QED) is 0.144. The Kier molecular flexibility index (Phi) is 8.99. The van der Waals surface area contributed by atoms with Crippen molar-refractivity contribution in [2.45, 2.75) is 43.6 Å². The summed E-state index contributed by atoms with van der Waals surface area (Å²) in [5.74, 6) is -2.67. The number of alkyl halides is 3. The van der Waals surface area contributed by atoms with Crippen molar-refractivity contribution in [2.75, 3.05) is 25.0 Å². The van der Waals surface area contributed by atoms with Crippen LogP contribution in [0.15, 0.2) is 60.8 Å². The van der Waals surface area contributed by atoms with Gasteiger partial charge in [-0.3, -0.25) is 14.6 Å². The molecule has 0 saturated carbocycles. The molecule has 0 unspecified atom stereocenters. The first-order valence-corrected chi connectivity index (χ1v) is 14.8. The molecule has 3 heterocycles. The van der Waals surface area contributed by atoms with Crippen molar-refractivity contribution >= 4 is 34.4 Å². The van der Waals surface area contributed by atoms with Gasteiger partial charge in [-0.1, -0.05) is 6.07 Å². The summed E-state index contributed by atoms with van der Waals surface area (Å²) >= 11 is 0. The zero-order chi connectivity index (χ0) is 35.9. The predicted octanol–water partition coefficient (Wildman–Crippen LogP) is 3.64. The molecule has 2 aromatic heterocycles. The fourth-order valence-electron chi connectivity index (χ4n) is 5.13. The number of pyridine rings is 2. The Balaban J connectivity index is 1.52. The predicted molar refractivity (Wildman–Crippen MR) is 169 cm³/mol. The number of nitrogens with one attached hydrogen (secondary N) is 3. The van der Waals surface area contributed by atoms with Crippen molar-refractivity contribution in [3.05, 3.63) is 83.4 Å². The van der Waals surface area contributed by atoms with E-state index < -0.39 is 58.7 Å². The van der Waals surface area contributed by atoms with Crippen molar-refractivity contribution in [3.63, 3.8) is 0 Å². The number of fused-ring (bicyclic) bond motifs is 2. The Morgan fingerprint density at radius 3 is 2.35 bits per heavy atom. The number of nitrogens with two attached hydrogens (primary N) is 1. The van der Waals surface area contributed by atoms with E-state index in [4.69, 9.17) is 10.5 Å². The molecule has 5 rings (SSSR count). The van der Waals surface area contributed by atoms with Crippen LogP contribution in [-0.4, -0.2) is 69.5 Å². The number of anilines is 1. The second kappa shape index (κ2) is 12.6. The maximum absolute atomic E-state index is 14.8. The van der Waals surface area contributed by atoms with Gasteiger partial charge in [-0.15, -0.1) is 0 Å². The number of amides is 4. The van der Waals surface area contributed by atoms with Gasteiger partial charge >= 0.3 is 12.2 Å². The summed E-state index contributed by atoms with van der Waals surface area (Å²) in [7, 11) is 0. The number of hydrogen-bond acceptors (Lipinski definition) is 8. The van der Waals surface area contributed by atoms with Crippen LogP contribution in [0.2, 0.25) is 0 Å². The highest BCUT2D eigenvalue weighted by Gasteiger charge is 2.57. The van der Waals surface area contributed by atoms with Crippen LogP contribution in [0, 0.1) is 5.82 Å². The third-order valence-corrected chi connectivity index (χ3v) is 8.03. The first-order valence-electron chi connectivity index (χ1n) is 14.8. The normalized spacial score (nSPS) is 17.1. The molecule has 0 aliphatic carbocycles. The minimum Gasteiger partial charge on any atom is -0.489 e. The number of primary amides is 1. The van der Waals surface area contributed by atoms with Gasteiger partial charge in [-0.25, -0.2) is 14.2 Å². The van der Waals surface area contributed by atoms with Crippen LogP contribution < -0.4 is 26.4 Å². The summed E-state index contributed by atoms with van der Waals surface area (Å²) in [6, 6.07) is 10.3. The van der Waals surface area contributed by atoms with Crippen molar-refractivity contribution in [3.8, 4) is 17.0 Å². The molecule has 1 aliphatic heterocycles. The number of ether oxygens (including phenoxy) is 1. The van der Waals surface area contributed by atoms with Gasteiger partial charge in [-0.2, -0.15) is 13.2 Å². The van der Waals surface area contributed by atoms with Gasteiger partial charge in [0.25, 0.3) is 5.91 Å². The standard InChI is InChI=1S/C33H32F4N6O6/c1-30(2,47)14-41-29(46)42-22-12-19(11-18-5-4-10-39-24(18)22)27(44)40-15-32(48,33(35,36)37)23-13-21-26(49-16-31(21,3)28(38)45)25(43-23)17-6-8-20(34)9-7-17/h4-13,47-48H,14-16H2,1-3H3,(H2,38,45)(H,40,44)(H2,41,42,46)/t31-,32-/m0/s1. The average Bonchev–Trinajstić information content (AvgIpc) is 3.39. The lowest BCUT2D eigenvalue weighted by atomic mass is 9.81. The van der Waals surface area contributed by atoms with Crippen LogP contribution in [0.25, 0.3) is 22.2 Å². The van der Waals surface area contributed by atoms with Crippen LogP contribution >= 0.6 is 0 Å². The van der Waals surface area contributed by atoms with Crippen molar-refractivity contribution in [2.24, 2.45) is 5.73 Å². The highest BCUT2D eigenvalue weighted by Crippen LogP contribution is 2.47. The number of halogens is 4. The summed E-state index contributed by atoms with van der Waals surface area (Å²) in [4.78, 5) is 46.7. The largest absolute Gasteiger partial charge is 0.489 e. The highest BCUT2D eigenvalue weighted by molar-refractivity contribution is 6.05. The lowest BCUT2D eigenvalue weighted by Crippen LogP contribution is -2.51. The molecule has 4 amide bonds. The van der Waals surface area contributed by atoms with Gasteiger partial charge in [0.2, 0.25) is 11.5 Å². The number of benzene rings is 2. The smallest absolute Gasteiger partial charge is 0.424 e. The molecular formula is C33H32F4N6O6. The Hall–Kier alpha value is -5.35. The van der Waals surface area contributed by atoms with E-state index >= 15 is 0 Å². The minimum absolute atomic E-state index is 0.0394. The first kappa shape index (κ1) is 35.0. The van der Waals surface area contributed by atoms with Crippen LogP contribution in [0.4, 0.5) is 28.0 Å². The van der Waals surface area contributed by atoms with E-state index in [0.29, 0.717) is 5.39 Å². The van der Waals surface area contributed by atoms with Crippen LogP contribution in [0.3, 0.4) is 0 Å². The number of rotatable bonds is 9. The molecule has 12 nitrogen and oxygen atoms in total. The van der Waals surface area contributed by atoms with E-state index in [1.165, 1.54) is 51.2 Å². The van der Waals surface area contributed by atoms with Gasteiger partial charge in [0.05, 0.1) is 29.0 Å². The molecular weight excluding hydrogens is 652 g/mol. The molecule has 7 N–H and O–H groups in total. The summed E-state index contributed by atoms with van der Waals surface area (Å²) in [5, 5.41) is 28.7. The SMILES string of the molecule is CC(C)(O)CNC(=O)Nc1cc(C(=O)NC[C@](O)(c2cc3c(c(-c4ccc(F)cc4)n2)OC[C@]3(C)C(N)=O)C(F)(F)F)cc2cccnc12. The second-order valence-electron chi connectivity index (χ2n) is 12.5. The van der Waals surface area contributed by atoms with Gasteiger partial charge < -0.3 is 36.6 Å². The fraction of sp³-hybridized carbons (Fsp3) is 0.303. The minimum atomic E-state index is -5.43. The van der Waals surface area contributed by atoms with Gasteiger partial charge in [0, 0.05) is 34.8 Å². The van der Waals surface area contributed by atoms with Crippen molar-refractivity contribution < 1.29 is 46.9 Å². The number of aromatic nitrogens is 2. The molecule has 258 valence electrons. The van der Waals surface area contributed by atoms with Gasteiger partial charge in [0.15, 0.2) is 0 Å². The van der Waals surface area contributed by atoms with Crippen LogP contribution in [-0.2, 0) is 15.8 Å². The van der Waals surface area contributed by atoms with E-state index in [1.54, 1.807) is 12.1 Å². The topological polar surface area (TPSA) is 189 Å². The number of hydrogen-bond donors (Lipinski definition) is 6. The maximum atomic E-state index is 14.8. The Labute approximate surface area is 276 Å². The van der Waals surface area contributed by atoms with E-state index in [2.05, 4.69) is 25.9 Å². The van der Waals surface area contributed by atoms with Crippen molar-refractivity contribution in [1.82, 2.24) is 20.6 Å². The second-order valence-corrected chi connectivity index (χ2v) is 12.5. The van der Waals surface area contributed by atoms with E-state index in [0.717, 1.165) is 18.2 Å². The number of carbonyl (C=O) groups is 3. The maximum Gasteiger partial charge on any atom is 0.424 e. The number of aliphatic hydroxyl groups is 2. The Morgan fingerprint density at radius 1 is 1.02 bits per heavy atom. The molecule has 0 radical (unpaired) electrons. The lowest BCUT2D eigenvalue weighted by Gasteiger charge is -2.31. The van der Waals surface area contributed by atoms with Crippen LogP contribution in [0.1, 0.15) is 42.4 Å². The zero-order valence-electron chi connectivity index (χ0n) is 26.4. The molecule has 49 heavy (non-hydrogen) atoms. The fourth-order valence-corrected chi connectivity index (χ4v) is 5.13. The summed E-state index contributed by atoms with van der Waals surface area (Å²) in [6.45, 7) is 2.43. The molecule has 2 aromatic carbocycles. The summed E-state index contributed by atoms with van der Waals surface area (Å²) in [6.07, 6.45) is -3.99. The van der Waals surface area contributed by atoms with Crippen LogP contribution in [0.5, 0.6) is 5.75 Å². The molecule has 0 spiro atoms. The average molecular weight is 685 g/mol. The molecule has 0 fully saturated rings. The molecule has 2 atom stereocenters. The van der Waals surface area contributed by atoms with E-state index in [1.807, 2.05) is 0 Å². The van der Waals surface area contributed by atoms with Crippen molar-refractivity contribution in [1.29, 1.82) is 0 Å². The monoisotopic (exact) mass is 684 g/mol. The molecule has 0 bridgehead atoms. The number of nitrogens with zero attached hydrogens (tertiary/aromatic N) is 2. The third kappa shape index (κ3) is 6.96. The number of carbonyl (C=O) groups excluding carboxylic acids is 3. The van der Waals surface area contributed by atoms with Gasteiger partial charge in [0.1, 0.15) is 29.3 Å². The van der Waals surface area contributed by atoms with E-state index in [-0.39, 0.29) is 52.5 Å². The molecule has 16 heteroatoms. The zero-order valence-corrected chi connectivity index (χ0v) is 26.4.